The van der Waals surface area contributed by atoms with E-state index < -0.39 is 0 Å². The van der Waals surface area contributed by atoms with Gasteiger partial charge in [0.05, 0.1) is 4.88 Å². The molecule has 2 aromatic rings. The number of piperidine rings is 3. The zero-order chi connectivity index (χ0) is 16.2. The fraction of sp³-hybridized carbons (Fsp3) is 0.550. The highest BCUT2D eigenvalue weighted by Gasteiger charge is 2.47. The third-order valence-corrected chi connectivity index (χ3v) is 7.58. The number of nitrogens with zero attached hydrogens (tertiary/aromatic N) is 1. The van der Waals surface area contributed by atoms with E-state index in [0.29, 0.717) is 18.1 Å². The van der Waals surface area contributed by atoms with E-state index in [2.05, 4.69) is 49.9 Å². The molecule has 0 unspecified atom stereocenters. The van der Waals surface area contributed by atoms with Crippen molar-refractivity contribution in [3.63, 3.8) is 0 Å². The van der Waals surface area contributed by atoms with E-state index in [0.717, 1.165) is 10.8 Å². The Kier molecular flexibility index (Phi) is 3.62. The number of thiophene rings is 1. The predicted octanol–water partition coefficient (Wildman–Crippen LogP) is 4.90. The van der Waals surface area contributed by atoms with Crippen molar-refractivity contribution in [1.82, 2.24) is 4.90 Å². The zero-order valence-corrected chi connectivity index (χ0v) is 15.1. The molecule has 0 radical (unpaired) electrons. The minimum absolute atomic E-state index is 0.170. The Balaban J connectivity index is 1.60. The van der Waals surface area contributed by atoms with Gasteiger partial charge in [-0.05, 0) is 75.6 Å². The number of aryl methyl sites for hydroxylation is 1. The van der Waals surface area contributed by atoms with Crippen LogP contribution in [0, 0.1) is 18.8 Å². The Morgan fingerprint density at radius 2 is 2.04 bits per heavy atom. The summed E-state index contributed by atoms with van der Waals surface area (Å²) < 4.78 is 1.27. The van der Waals surface area contributed by atoms with Gasteiger partial charge in [0, 0.05) is 16.7 Å². The molecule has 1 atom stereocenters. The topological polar surface area (TPSA) is 20.3 Å². The summed E-state index contributed by atoms with van der Waals surface area (Å²) in [6.45, 7) is 9.23. The summed E-state index contributed by atoms with van der Waals surface area (Å²) in [6.07, 6.45) is 3.25. The zero-order valence-electron chi connectivity index (χ0n) is 14.3. The Hall–Kier alpha value is -1.19. The van der Waals surface area contributed by atoms with Crippen molar-refractivity contribution in [3.8, 4) is 0 Å². The molecule has 0 aliphatic carbocycles. The maximum Gasteiger partial charge on any atom is 0.173 e. The maximum absolute atomic E-state index is 12.9. The molecule has 1 aromatic carbocycles. The van der Waals surface area contributed by atoms with E-state index in [9.17, 15) is 4.79 Å². The van der Waals surface area contributed by atoms with Gasteiger partial charge in [-0.3, -0.25) is 9.69 Å². The second-order valence-electron chi connectivity index (χ2n) is 7.82. The highest BCUT2D eigenvalue weighted by molar-refractivity contribution is 7.21. The molecule has 3 saturated heterocycles. The second-order valence-corrected chi connectivity index (χ2v) is 8.87. The number of hydrogen-bond acceptors (Lipinski definition) is 3. The number of benzene rings is 1. The van der Waals surface area contributed by atoms with Crippen LogP contribution < -0.4 is 0 Å². The van der Waals surface area contributed by atoms with Crippen LogP contribution in [0.1, 0.15) is 48.3 Å². The molecule has 3 heteroatoms. The van der Waals surface area contributed by atoms with Crippen LogP contribution in [0.3, 0.4) is 0 Å². The first kappa shape index (κ1) is 15.3. The van der Waals surface area contributed by atoms with Crippen molar-refractivity contribution in [1.29, 1.82) is 0 Å². The van der Waals surface area contributed by atoms with Crippen LogP contribution in [-0.4, -0.2) is 29.3 Å². The lowest BCUT2D eigenvalue weighted by Crippen LogP contribution is -2.61. The van der Waals surface area contributed by atoms with E-state index in [4.69, 9.17) is 0 Å². The molecular formula is C20H25NOS. The van der Waals surface area contributed by atoms with Gasteiger partial charge >= 0.3 is 0 Å². The molecule has 3 fully saturated rings. The van der Waals surface area contributed by atoms with Crippen molar-refractivity contribution in [2.45, 2.75) is 45.6 Å². The number of carbonyl (C=O) groups excluding carboxylic acids is 1. The maximum atomic E-state index is 12.9. The third kappa shape index (κ3) is 2.45. The summed E-state index contributed by atoms with van der Waals surface area (Å²) in [4.78, 5) is 16.5. The standard InChI is InChI=1S/C20H25NOS/c1-13-5-4-6-15-11-18(23-19(13)15)17(22)12-16-14-7-9-21(10-8-14)20(16,2)3/h4-6,11,14,16H,7-10,12H2,1-3H3/t16-/m0/s1. The van der Waals surface area contributed by atoms with Gasteiger partial charge < -0.3 is 0 Å². The van der Waals surface area contributed by atoms with E-state index in [1.54, 1.807) is 11.3 Å². The van der Waals surface area contributed by atoms with Crippen LogP contribution in [-0.2, 0) is 0 Å². The summed E-state index contributed by atoms with van der Waals surface area (Å²) in [7, 11) is 0. The van der Waals surface area contributed by atoms with Gasteiger partial charge in [0.1, 0.15) is 0 Å². The first-order valence-electron chi connectivity index (χ1n) is 8.74. The predicted molar refractivity (Wildman–Crippen MR) is 97.4 cm³/mol. The normalized spacial score (nSPS) is 29.1. The SMILES string of the molecule is Cc1cccc2cc(C(=O)C[C@H]3C4CCN(CC4)C3(C)C)sc12. The summed E-state index contributed by atoms with van der Waals surface area (Å²) in [5.74, 6) is 1.58. The van der Waals surface area contributed by atoms with Crippen LogP contribution in [0.2, 0.25) is 0 Å². The van der Waals surface area contributed by atoms with Crippen molar-refractivity contribution >= 4 is 27.2 Å². The van der Waals surface area contributed by atoms with Crippen molar-refractivity contribution in [3.05, 3.63) is 34.7 Å². The molecule has 0 spiro atoms. The Morgan fingerprint density at radius 1 is 1.30 bits per heavy atom. The molecular weight excluding hydrogens is 302 g/mol. The molecule has 2 nitrogen and oxygen atoms in total. The molecule has 3 aliphatic heterocycles. The summed E-state index contributed by atoms with van der Waals surface area (Å²) in [5, 5.41) is 1.21. The fourth-order valence-corrected chi connectivity index (χ4v) is 5.83. The Labute approximate surface area is 142 Å². The first-order valence-corrected chi connectivity index (χ1v) is 9.56. The molecule has 2 bridgehead atoms. The lowest BCUT2D eigenvalue weighted by atomic mass is 9.65. The molecule has 0 amide bonds. The van der Waals surface area contributed by atoms with Crippen molar-refractivity contribution in [2.24, 2.45) is 11.8 Å². The van der Waals surface area contributed by atoms with Gasteiger partial charge in [-0.25, -0.2) is 0 Å². The third-order valence-electron chi connectivity index (χ3n) is 6.25. The van der Waals surface area contributed by atoms with Crippen LogP contribution in [0.5, 0.6) is 0 Å². The minimum Gasteiger partial charge on any atom is -0.298 e. The van der Waals surface area contributed by atoms with Gasteiger partial charge in [0.2, 0.25) is 0 Å². The number of fused-ring (bicyclic) bond motifs is 4. The molecule has 122 valence electrons. The number of carbonyl (C=O) groups is 1. The van der Waals surface area contributed by atoms with E-state index in [1.807, 2.05) is 0 Å². The highest BCUT2D eigenvalue weighted by atomic mass is 32.1. The van der Waals surface area contributed by atoms with Gasteiger partial charge in [-0.2, -0.15) is 0 Å². The smallest absolute Gasteiger partial charge is 0.173 e. The fourth-order valence-electron chi connectivity index (χ4n) is 4.75. The minimum atomic E-state index is 0.170. The van der Waals surface area contributed by atoms with Gasteiger partial charge in [0.25, 0.3) is 0 Å². The lowest BCUT2D eigenvalue weighted by molar-refractivity contribution is -0.0643. The average molecular weight is 327 g/mol. The summed E-state index contributed by atoms with van der Waals surface area (Å²) >= 11 is 1.68. The molecule has 1 aromatic heterocycles. The highest BCUT2D eigenvalue weighted by Crippen LogP contribution is 2.46. The van der Waals surface area contributed by atoms with Crippen molar-refractivity contribution < 1.29 is 4.79 Å². The first-order chi connectivity index (χ1) is 11.0. The number of ketones is 1. The number of rotatable bonds is 3. The van der Waals surface area contributed by atoms with Gasteiger partial charge in [-0.1, -0.05) is 18.2 Å². The molecule has 0 N–H and O–H groups in total. The summed E-state index contributed by atoms with van der Waals surface area (Å²) in [5.41, 5.74) is 1.44. The number of Topliss-reactive ketones (excluding diaryl/α,β-unsaturated/α-hetero) is 1. The van der Waals surface area contributed by atoms with E-state index in [-0.39, 0.29) is 5.54 Å². The van der Waals surface area contributed by atoms with Gasteiger partial charge in [0.15, 0.2) is 5.78 Å². The van der Waals surface area contributed by atoms with Crippen LogP contribution >= 0.6 is 11.3 Å². The average Bonchev–Trinajstić information content (AvgIpc) is 2.97. The Morgan fingerprint density at radius 3 is 2.70 bits per heavy atom. The van der Waals surface area contributed by atoms with Crippen molar-refractivity contribution in [2.75, 3.05) is 13.1 Å². The van der Waals surface area contributed by atoms with Crippen LogP contribution in [0.15, 0.2) is 24.3 Å². The van der Waals surface area contributed by atoms with Crippen LogP contribution in [0.25, 0.3) is 10.1 Å². The second kappa shape index (κ2) is 5.42. The monoisotopic (exact) mass is 327 g/mol. The largest absolute Gasteiger partial charge is 0.298 e. The molecule has 5 rings (SSSR count). The molecule has 23 heavy (non-hydrogen) atoms. The quantitative estimate of drug-likeness (QED) is 0.747. The molecule has 0 saturated carbocycles. The number of hydrogen-bond donors (Lipinski definition) is 0. The Bertz CT molecular complexity index is 752. The van der Waals surface area contributed by atoms with E-state index >= 15 is 0 Å². The van der Waals surface area contributed by atoms with E-state index in [1.165, 1.54) is 41.6 Å². The summed E-state index contributed by atoms with van der Waals surface area (Å²) in [6, 6.07) is 8.43. The van der Waals surface area contributed by atoms with Crippen LogP contribution in [0.4, 0.5) is 0 Å². The molecule has 3 aliphatic rings. The lowest BCUT2D eigenvalue weighted by Gasteiger charge is -2.56. The molecule has 4 heterocycles. The van der Waals surface area contributed by atoms with Gasteiger partial charge in [-0.15, -0.1) is 11.3 Å².